The molecular formula is C28H32N4O2. The van der Waals surface area contributed by atoms with E-state index < -0.39 is 0 Å². The number of hydrogen-bond donors (Lipinski definition) is 2. The lowest BCUT2D eigenvalue weighted by atomic mass is 9.44. The maximum atomic E-state index is 13.0. The first-order chi connectivity index (χ1) is 16.5. The van der Waals surface area contributed by atoms with Crippen molar-refractivity contribution in [3.8, 4) is 0 Å². The van der Waals surface area contributed by atoms with Crippen molar-refractivity contribution < 1.29 is 12.4 Å². The van der Waals surface area contributed by atoms with Crippen LogP contribution in [0, 0.1) is 11.3 Å². The zero-order valence-corrected chi connectivity index (χ0v) is 19.1. The molecule has 1 aromatic heterocycles. The molecule has 6 nitrogen and oxygen atoms in total. The second-order valence-electron chi connectivity index (χ2n) is 10.4. The Labute approximate surface area is 201 Å². The van der Waals surface area contributed by atoms with Gasteiger partial charge in [0.1, 0.15) is 0 Å². The molecule has 6 heteroatoms. The highest BCUT2D eigenvalue weighted by molar-refractivity contribution is 5.98. The number of pyridine rings is 1. The van der Waals surface area contributed by atoms with Crippen molar-refractivity contribution >= 4 is 28.9 Å². The maximum absolute atomic E-state index is 13.0. The Hall–Kier alpha value is -3.54. The molecule has 2 N–H and O–H groups in total. The molecule has 2 aromatic carbocycles. The Balaban J connectivity index is 0.00000152. The monoisotopic (exact) mass is 456 g/mol. The number of amides is 2. The Bertz CT molecular complexity index is 1300. The fourth-order valence-corrected chi connectivity index (χ4v) is 6.70. The molecule has 176 valence electrons. The Kier molecular flexibility index (Phi) is 4.97. The number of carbonyl (C=O) groups excluding carboxylic acids is 2. The Morgan fingerprint density at radius 2 is 1.71 bits per heavy atom. The first-order valence-corrected chi connectivity index (χ1v) is 12.1. The minimum Gasteiger partial charge on any atom is -0.347 e. The van der Waals surface area contributed by atoms with Crippen LogP contribution in [-0.2, 0) is 0 Å². The normalized spacial score (nSPS) is 27.2. The molecule has 1 unspecified atom stereocenters. The van der Waals surface area contributed by atoms with Gasteiger partial charge in [-0.25, -0.2) is 10.4 Å². The summed E-state index contributed by atoms with van der Waals surface area (Å²) in [4.78, 5) is 30.0. The van der Waals surface area contributed by atoms with Gasteiger partial charge in [-0.05, 0) is 86.3 Å². The van der Waals surface area contributed by atoms with Crippen LogP contribution >= 0.6 is 0 Å². The number of hydrazone groups is 1. The lowest BCUT2D eigenvalue weighted by Crippen LogP contribution is -2.63. The van der Waals surface area contributed by atoms with E-state index in [9.17, 15) is 9.59 Å². The summed E-state index contributed by atoms with van der Waals surface area (Å²) in [5.41, 5.74) is 5.59. The van der Waals surface area contributed by atoms with E-state index in [2.05, 4.69) is 20.8 Å². The molecule has 0 radical (unpaired) electrons. The predicted molar refractivity (Wildman–Crippen MR) is 136 cm³/mol. The molecule has 2 amide bonds. The van der Waals surface area contributed by atoms with E-state index in [0.29, 0.717) is 22.2 Å². The number of hydrogen-bond acceptors (Lipinski definition) is 4. The molecule has 7 rings (SSSR count). The quantitative estimate of drug-likeness (QED) is 0.402. The van der Waals surface area contributed by atoms with Crippen molar-refractivity contribution in [3.05, 3.63) is 77.5 Å². The largest absolute Gasteiger partial charge is 0.347 e. The molecule has 3 bridgehead atoms. The van der Waals surface area contributed by atoms with Crippen LogP contribution in [0.25, 0.3) is 10.9 Å². The van der Waals surface area contributed by atoms with Gasteiger partial charge in [0.25, 0.3) is 11.8 Å². The zero-order chi connectivity index (χ0) is 23.2. The summed E-state index contributed by atoms with van der Waals surface area (Å²) in [5.74, 6) is 0.417. The summed E-state index contributed by atoms with van der Waals surface area (Å²) < 4.78 is 0. The van der Waals surface area contributed by atoms with Crippen molar-refractivity contribution in [2.24, 2.45) is 16.4 Å². The second kappa shape index (κ2) is 8.05. The highest BCUT2D eigenvalue weighted by Gasteiger charge is 2.58. The first kappa shape index (κ1) is 21.0. The van der Waals surface area contributed by atoms with Gasteiger partial charge >= 0.3 is 0 Å². The highest BCUT2D eigenvalue weighted by atomic mass is 16.2. The van der Waals surface area contributed by atoms with Gasteiger partial charge in [-0.1, -0.05) is 30.7 Å². The number of nitrogens with one attached hydrogen (secondary N) is 2. The third-order valence-corrected chi connectivity index (χ3v) is 7.97. The average molecular weight is 457 g/mol. The molecule has 4 fully saturated rings. The Morgan fingerprint density at radius 1 is 0.941 bits per heavy atom. The van der Waals surface area contributed by atoms with Gasteiger partial charge in [-0.2, -0.15) is 5.10 Å². The van der Waals surface area contributed by atoms with Gasteiger partial charge in [0.05, 0.1) is 17.4 Å². The smallest absolute Gasteiger partial charge is 0.271 e. The maximum Gasteiger partial charge on any atom is 0.271 e. The fourth-order valence-electron chi connectivity index (χ4n) is 6.70. The molecule has 1 atom stereocenters. The molecule has 1 heterocycles. The van der Waals surface area contributed by atoms with Gasteiger partial charge in [0, 0.05) is 24.9 Å². The lowest BCUT2D eigenvalue weighted by molar-refractivity contribution is -0.0937. The highest BCUT2D eigenvalue weighted by Crippen LogP contribution is 2.64. The van der Waals surface area contributed by atoms with E-state index in [0.717, 1.165) is 36.1 Å². The van der Waals surface area contributed by atoms with Crippen LogP contribution in [0.2, 0.25) is 0 Å². The third-order valence-electron chi connectivity index (χ3n) is 7.97. The fraction of sp³-hybridized carbons (Fsp3) is 0.357. The summed E-state index contributed by atoms with van der Waals surface area (Å²) in [7, 11) is 0. The predicted octanol–water partition coefficient (Wildman–Crippen LogP) is 5.33. The first-order valence-electron chi connectivity index (χ1n) is 12.1. The van der Waals surface area contributed by atoms with Crippen LogP contribution in [-0.4, -0.2) is 28.6 Å². The molecule has 0 aliphatic heterocycles. The molecule has 4 aliphatic carbocycles. The van der Waals surface area contributed by atoms with Crippen LogP contribution in [0.1, 0.15) is 74.2 Å². The summed E-state index contributed by atoms with van der Waals surface area (Å²) in [6, 6.07) is 18.5. The van der Waals surface area contributed by atoms with Gasteiger partial charge in [-0.3, -0.25) is 9.59 Å². The number of benzene rings is 2. The van der Waals surface area contributed by atoms with Gasteiger partial charge in [0.15, 0.2) is 0 Å². The van der Waals surface area contributed by atoms with E-state index in [4.69, 9.17) is 0 Å². The number of aromatic nitrogens is 1. The van der Waals surface area contributed by atoms with Crippen molar-refractivity contribution in [3.63, 3.8) is 0 Å². The molecular weight excluding hydrogens is 424 g/mol. The molecule has 4 saturated carbocycles. The van der Waals surface area contributed by atoms with Gasteiger partial charge in [-0.15, -0.1) is 0 Å². The standard InChI is InChI=1S/C28H28N4O2.2H2/c33-25(31-28-13-3-12-27(18-28)14-19(15-27)16-28)21-6-8-22(9-7-21)26(34)32-29-17-23-11-10-20-4-1-2-5-24(20)30-23;;/h1-2,4-11,17,19H,3,12-16,18H2,(H,31,33)(H,32,34);2*1H/b29-17+;;. The Morgan fingerprint density at radius 3 is 2.53 bits per heavy atom. The minimum absolute atomic E-state index is 0. The molecule has 3 aromatic rings. The number of nitrogens with zero attached hydrogens (tertiary/aromatic N) is 2. The average Bonchev–Trinajstić information content (AvgIpc) is 2.83. The summed E-state index contributed by atoms with van der Waals surface area (Å²) in [6.45, 7) is 0. The summed E-state index contributed by atoms with van der Waals surface area (Å²) >= 11 is 0. The third kappa shape index (κ3) is 3.87. The van der Waals surface area contributed by atoms with Gasteiger partial charge < -0.3 is 5.32 Å². The van der Waals surface area contributed by atoms with Crippen molar-refractivity contribution in [1.82, 2.24) is 15.7 Å². The van der Waals surface area contributed by atoms with Crippen LogP contribution in [0.5, 0.6) is 0 Å². The van der Waals surface area contributed by atoms with Crippen LogP contribution in [0.3, 0.4) is 0 Å². The minimum atomic E-state index is -0.329. The number of carbonyl (C=O) groups is 2. The van der Waals surface area contributed by atoms with Crippen LogP contribution in [0.15, 0.2) is 65.8 Å². The summed E-state index contributed by atoms with van der Waals surface area (Å²) in [6.07, 6.45) is 10.1. The van der Waals surface area contributed by atoms with E-state index in [1.54, 1.807) is 24.3 Å². The van der Waals surface area contributed by atoms with E-state index in [-0.39, 0.29) is 20.2 Å². The zero-order valence-electron chi connectivity index (χ0n) is 19.1. The number of para-hydroxylation sites is 1. The van der Waals surface area contributed by atoms with Crippen LogP contribution in [0.4, 0.5) is 0 Å². The SMILES string of the molecule is O=C(N/N=C/c1ccc2ccccc2n1)c1ccc(C(=O)NC23CCCC4(CC(C4)C2)C3)cc1.[HH].[HH]. The molecule has 0 saturated heterocycles. The van der Waals surface area contributed by atoms with E-state index >= 15 is 0 Å². The lowest BCUT2D eigenvalue weighted by Gasteiger charge is -2.63. The molecule has 4 aliphatic rings. The van der Waals surface area contributed by atoms with E-state index in [1.165, 1.54) is 31.9 Å². The van der Waals surface area contributed by atoms with Crippen molar-refractivity contribution in [2.45, 2.75) is 50.5 Å². The number of rotatable bonds is 5. The van der Waals surface area contributed by atoms with E-state index in [1.807, 2.05) is 36.4 Å². The van der Waals surface area contributed by atoms with Crippen molar-refractivity contribution in [2.75, 3.05) is 0 Å². The topological polar surface area (TPSA) is 83.5 Å². The summed E-state index contributed by atoms with van der Waals surface area (Å²) in [5, 5.41) is 8.47. The van der Waals surface area contributed by atoms with Gasteiger partial charge in [0.2, 0.25) is 0 Å². The second-order valence-corrected chi connectivity index (χ2v) is 10.4. The molecule has 34 heavy (non-hydrogen) atoms. The van der Waals surface area contributed by atoms with Crippen molar-refractivity contribution in [1.29, 1.82) is 0 Å². The molecule has 1 spiro atoms. The van der Waals surface area contributed by atoms with Crippen LogP contribution < -0.4 is 10.7 Å². The number of fused-ring (bicyclic) bond motifs is 1.